The summed E-state index contributed by atoms with van der Waals surface area (Å²) in [5.74, 6) is -0.928. The molecule has 0 aromatic carbocycles. The average Bonchev–Trinajstić information content (AvgIpc) is 3.29. The third kappa shape index (κ3) is 49.6. The summed E-state index contributed by atoms with van der Waals surface area (Å²) in [6.45, 7) is 6.45. The van der Waals surface area contributed by atoms with Gasteiger partial charge < -0.3 is 14.2 Å². The molecule has 1 unspecified atom stereocenters. The zero-order valence-corrected chi connectivity index (χ0v) is 41.8. The van der Waals surface area contributed by atoms with Gasteiger partial charge in [0.15, 0.2) is 6.10 Å². The monoisotopic (exact) mass is 891 g/mol. The van der Waals surface area contributed by atoms with Crippen LogP contribution in [0.25, 0.3) is 0 Å². The molecule has 0 aliphatic carbocycles. The van der Waals surface area contributed by atoms with Gasteiger partial charge in [0.05, 0.1) is 0 Å². The number of allylic oxidation sites excluding steroid dienone is 14. The summed E-state index contributed by atoms with van der Waals surface area (Å²) in [7, 11) is 0. The number of hydrogen-bond acceptors (Lipinski definition) is 6. The Bertz CT molecular complexity index is 1250. The van der Waals surface area contributed by atoms with E-state index in [1.165, 1.54) is 77.0 Å². The van der Waals surface area contributed by atoms with Gasteiger partial charge in [0.25, 0.3) is 0 Å². The Morgan fingerprint density at radius 2 is 0.609 bits per heavy atom. The quantitative estimate of drug-likeness (QED) is 0.0262. The number of esters is 3. The number of rotatable bonds is 47. The number of unbranched alkanes of at least 4 members (excludes halogenated alkanes) is 22. The van der Waals surface area contributed by atoms with Gasteiger partial charge in [-0.1, -0.05) is 196 Å². The molecule has 0 saturated carbocycles. The lowest BCUT2D eigenvalue weighted by Crippen LogP contribution is -2.30. The molecule has 0 saturated heterocycles. The average molecular weight is 891 g/mol. The lowest BCUT2D eigenvalue weighted by molar-refractivity contribution is -0.167. The molecule has 1 atom stereocenters. The molecule has 0 amide bonds. The highest BCUT2D eigenvalue weighted by molar-refractivity contribution is 5.71. The molecule has 0 radical (unpaired) electrons. The first-order valence-electron chi connectivity index (χ1n) is 26.6. The molecule has 6 heteroatoms. The van der Waals surface area contributed by atoms with Crippen LogP contribution < -0.4 is 0 Å². The molecule has 0 heterocycles. The zero-order valence-electron chi connectivity index (χ0n) is 41.8. The first-order chi connectivity index (χ1) is 31.5. The minimum Gasteiger partial charge on any atom is -0.462 e. The minimum atomic E-state index is -0.792. The van der Waals surface area contributed by atoms with E-state index in [0.29, 0.717) is 19.3 Å². The van der Waals surface area contributed by atoms with Crippen LogP contribution >= 0.6 is 0 Å². The standard InChI is InChI=1S/C58H98O6/c1-4-7-10-13-16-19-22-25-26-27-28-29-30-31-32-34-36-39-42-45-48-51-57(60)63-54-55(53-62-56(59)50-47-44-41-38-35-24-21-18-15-12-9-6-3)64-58(61)52-49-46-43-40-37-33-23-20-17-14-11-8-5-2/h7,10,16,18-21,23,25-26,28-29,31-32,55H,4-6,8-9,11-15,17,22,24,27,30,33-54H2,1-3H3/b10-7-,19-16-,21-18-,23-20-,26-25-,29-28-,32-31-. The lowest BCUT2D eigenvalue weighted by Gasteiger charge is -2.18. The maximum Gasteiger partial charge on any atom is 0.306 e. The fourth-order valence-corrected chi connectivity index (χ4v) is 7.10. The molecule has 0 aliphatic rings. The molecule has 366 valence electrons. The molecule has 0 aromatic rings. The van der Waals surface area contributed by atoms with Crippen LogP contribution in [0.15, 0.2) is 85.1 Å². The predicted molar refractivity (Wildman–Crippen MR) is 274 cm³/mol. The Morgan fingerprint density at radius 1 is 0.328 bits per heavy atom. The number of hydrogen-bond donors (Lipinski definition) is 0. The van der Waals surface area contributed by atoms with Gasteiger partial charge in [-0.25, -0.2) is 0 Å². The van der Waals surface area contributed by atoms with E-state index in [-0.39, 0.29) is 31.1 Å². The summed E-state index contributed by atoms with van der Waals surface area (Å²) in [4.78, 5) is 38.0. The molecule has 0 rings (SSSR count). The highest BCUT2D eigenvalue weighted by atomic mass is 16.6. The Balaban J connectivity index is 4.40. The normalized spacial score (nSPS) is 12.7. The van der Waals surface area contributed by atoms with Crippen molar-refractivity contribution in [2.24, 2.45) is 0 Å². The minimum absolute atomic E-state index is 0.0908. The molecule has 6 nitrogen and oxygen atoms in total. The van der Waals surface area contributed by atoms with E-state index >= 15 is 0 Å². The maximum atomic E-state index is 12.8. The van der Waals surface area contributed by atoms with Gasteiger partial charge in [-0.2, -0.15) is 0 Å². The third-order valence-electron chi connectivity index (χ3n) is 11.1. The summed E-state index contributed by atoms with van der Waals surface area (Å²) < 4.78 is 16.8. The molecular formula is C58H98O6. The van der Waals surface area contributed by atoms with Crippen molar-refractivity contribution in [2.45, 2.75) is 252 Å². The summed E-state index contributed by atoms with van der Waals surface area (Å²) in [5, 5.41) is 0. The highest BCUT2D eigenvalue weighted by Gasteiger charge is 2.19. The zero-order chi connectivity index (χ0) is 46.5. The number of carbonyl (C=O) groups excluding carboxylic acids is 3. The van der Waals surface area contributed by atoms with E-state index in [9.17, 15) is 14.4 Å². The Kier molecular flexibility index (Phi) is 49.4. The van der Waals surface area contributed by atoms with Gasteiger partial charge in [0.2, 0.25) is 0 Å². The van der Waals surface area contributed by atoms with Crippen LogP contribution in [0.3, 0.4) is 0 Å². The second-order valence-electron chi connectivity index (χ2n) is 17.4. The van der Waals surface area contributed by atoms with Crippen molar-refractivity contribution in [3.05, 3.63) is 85.1 Å². The van der Waals surface area contributed by atoms with Crippen molar-refractivity contribution in [2.75, 3.05) is 13.2 Å². The van der Waals surface area contributed by atoms with Crippen LogP contribution in [0.4, 0.5) is 0 Å². The van der Waals surface area contributed by atoms with Gasteiger partial charge in [-0.05, 0) is 116 Å². The smallest absolute Gasteiger partial charge is 0.306 e. The molecule has 0 aliphatic heterocycles. The van der Waals surface area contributed by atoms with Crippen molar-refractivity contribution in [1.29, 1.82) is 0 Å². The van der Waals surface area contributed by atoms with Crippen LogP contribution in [0.5, 0.6) is 0 Å². The van der Waals surface area contributed by atoms with E-state index in [2.05, 4.69) is 106 Å². The van der Waals surface area contributed by atoms with Gasteiger partial charge in [-0.3, -0.25) is 14.4 Å². The van der Waals surface area contributed by atoms with Crippen molar-refractivity contribution in [3.63, 3.8) is 0 Å². The SMILES string of the molecule is CC/C=C\C/C=C\C/C=C\C/C=C\C/C=C\CCCCCCCC(=O)OCC(COC(=O)CCCCCCC/C=C\CCCCC)OC(=O)CCCCCCC/C=C\CCCCCC. The van der Waals surface area contributed by atoms with E-state index in [4.69, 9.17) is 14.2 Å². The Hall–Kier alpha value is -3.41. The molecule has 0 N–H and O–H groups in total. The third-order valence-corrected chi connectivity index (χ3v) is 11.1. The molecule has 0 spiro atoms. The van der Waals surface area contributed by atoms with Crippen LogP contribution in [0.1, 0.15) is 245 Å². The summed E-state index contributed by atoms with van der Waals surface area (Å²) >= 11 is 0. The fraction of sp³-hybridized carbons (Fsp3) is 0.707. The fourth-order valence-electron chi connectivity index (χ4n) is 7.10. The summed E-state index contributed by atoms with van der Waals surface area (Å²) in [6.07, 6.45) is 67.1. The highest BCUT2D eigenvalue weighted by Crippen LogP contribution is 2.13. The predicted octanol–water partition coefficient (Wildman–Crippen LogP) is 17.6. The summed E-state index contributed by atoms with van der Waals surface area (Å²) in [6, 6.07) is 0. The van der Waals surface area contributed by atoms with E-state index < -0.39 is 6.10 Å². The second kappa shape index (κ2) is 52.2. The van der Waals surface area contributed by atoms with Gasteiger partial charge in [0.1, 0.15) is 13.2 Å². The van der Waals surface area contributed by atoms with Gasteiger partial charge in [-0.15, -0.1) is 0 Å². The second-order valence-corrected chi connectivity index (χ2v) is 17.4. The topological polar surface area (TPSA) is 78.9 Å². The van der Waals surface area contributed by atoms with E-state index in [1.54, 1.807) is 0 Å². The van der Waals surface area contributed by atoms with E-state index in [1.807, 2.05) is 0 Å². The van der Waals surface area contributed by atoms with Crippen molar-refractivity contribution in [3.8, 4) is 0 Å². The van der Waals surface area contributed by atoms with Gasteiger partial charge >= 0.3 is 17.9 Å². The van der Waals surface area contributed by atoms with E-state index in [0.717, 1.165) is 128 Å². The first-order valence-corrected chi connectivity index (χ1v) is 26.6. The number of ether oxygens (including phenoxy) is 3. The molecule has 64 heavy (non-hydrogen) atoms. The Morgan fingerprint density at radius 3 is 1.00 bits per heavy atom. The number of carbonyl (C=O) groups is 3. The first kappa shape index (κ1) is 60.6. The lowest BCUT2D eigenvalue weighted by atomic mass is 10.1. The van der Waals surface area contributed by atoms with Crippen LogP contribution in [0, 0.1) is 0 Å². The van der Waals surface area contributed by atoms with Crippen molar-refractivity contribution in [1.82, 2.24) is 0 Å². The van der Waals surface area contributed by atoms with Crippen LogP contribution in [-0.2, 0) is 28.6 Å². The largest absolute Gasteiger partial charge is 0.462 e. The van der Waals surface area contributed by atoms with Crippen LogP contribution in [-0.4, -0.2) is 37.2 Å². The van der Waals surface area contributed by atoms with Crippen LogP contribution in [0.2, 0.25) is 0 Å². The molecule has 0 aromatic heterocycles. The molecular weight excluding hydrogens is 793 g/mol. The molecule has 0 fully saturated rings. The van der Waals surface area contributed by atoms with Crippen molar-refractivity contribution < 1.29 is 28.6 Å². The Labute approximate surface area is 395 Å². The summed E-state index contributed by atoms with van der Waals surface area (Å²) in [5.41, 5.74) is 0. The van der Waals surface area contributed by atoms with Crippen molar-refractivity contribution >= 4 is 17.9 Å². The van der Waals surface area contributed by atoms with Gasteiger partial charge in [0, 0.05) is 19.3 Å². The maximum absolute atomic E-state index is 12.8. The molecule has 0 bridgehead atoms.